The predicted molar refractivity (Wildman–Crippen MR) is 122 cm³/mol. The van der Waals surface area contributed by atoms with Gasteiger partial charge in [0.1, 0.15) is 12.7 Å². The highest BCUT2D eigenvalue weighted by Gasteiger charge is 2.48. The highest BCUT2D eigenvalue weighted by molar-refractivity contribution is 5.91. The Hall–Kier alpha value is -3.97. The number of esters is 3. The molecule has 7 heteroatoms. The van der Waals surface area contributed by atoms with Crippen molar-refractivity contribution >= 4 is 17.9 Å². The Morgan fingerprint density at radius 2 is 1.06 bits per heavy atom. The van der Waals surface area contributed by atoms with Gasteiger partial charge in [-0.25, -0.2) is 14.4 Å². The standard InChI is InChI=1S/C27H24O7/c1-18-23(33-26(29)20-13-7-3-8-14-20)24(34-27(30)21-15-9-4-10-16-21)22(32-18)17-31-25(28)19-11-5-2-6-12-19/h2-16,18,22-24H,17H2,1H3/t18-,22?,23+,24-/m1/s1. The molecule has 34 heavy (non-hydrogen) atoms. The third kappa shape index (κ3) is 5.50. The lowest BCUT2D eigenvalue weighted by molar-refractivity contribution is -0.0442. The van der Waals surface area contributed by atoms with Gasteiger partial charge in [-0.1, -0.05) is 54.6 Å². The van der Waals surface area contributed by atoms with E-state index in [4.69, 9.17) is 18.9 Å². The molecule has 0 radical (unpaired) electrons. The summed E-state index contributed by atoms with van der Waals surface area (Å²) < 4.78 is 22.8. The van der Waals surface area contributed by atoms with Gasteiger partial charge < -0.3 is 18.9 Å². The quantitative estimate of drug-likeness (QED) is 0.388. The van der Waals surface area contributed by atoms with Crippen molar-refractivity contribution < 1.29 is 33.3 Å². The van der Waals surface area contributed by atoms with E-state index in [-0.39, 0.29) is 6.61 Å². The van der Waals surface area contributed by atoms with Crippen LogP contribution >= 0.6 is 0 Å². The molecule has 1 heterocycles. The summed E-state index contributed by atoms with van der Waals surface area (Å²) in [5, 5.41) is 0. The zero-order chi connectivity index (χ0) is 23.9. The van der Waals surface area contributed by atoms with Crippen molar-refractivity contribution in [2.24, 2.45) is 0 Å². The first kappa shape index (κ1) is 23.2. The van der Waals surface area contributed by atoms with Crippen LogP contribution < -0.4 is 0 Å². The summed E-state index contributed by atoms with van der Waals surface area (Å²) in [6.07, 6.45) is -3.27. The predicted octanol–water partition coefficient (Wildman–Crippen LogP) is 4.08. The molecule has 7 nitrogen and oxygen atoms in total. The minimum atomic E-state index is -0.973. The molecule has 0 N–H and O–H groups in total. The Morgan fingerprint density at radius 1 is 0.647 bits per heavy atom. The molecular formula is C27H24O7. The molecule has 1 saturated heterocycles. The van der Waals surface area contributed by atoms with Crippen molar-refractivity contribution in [1.82, 2.24) is 0 Å². The van der Waals surface area contributed by atoms with Gasteiger partial charge in [-0.05, 0) is 43.3 Å². The van der Waals surface area contributed by atoms with Crippen LogP contribution in [0.1, 0.15) is 38.0 Å². The van der Waals surface area contributed by atoms with E-state index < -0.39 is 42.3 Å². The topological polar surface area (TPSA) is 88.1 Å². The Balaban J connectivity index is 1.51. The molecule has 0 aliphatic carbocycles. The van der Waals surface area contributed by atoms with Gasteiger partial charge in [-0.15, -0.1) is 0 Å². The van der Waals surface area contributed by atoms with Gasteiger partial charge in [-0.2, -0.15) is 0 Å². The van der Waals surface area contributed by atoms with Gasteiger partial charge in [0.15, 0.2) is 12.2 Å². The van der Waals surface area contributed by atoms with Crippen LogP contribution in [0.2, 0.25) is 0 Å². The minimum Gasteiger partial charge on any atom is -0.459 e. The van der Waals surface area contributed by atoms with Crippen molar-refractivity contribution in [3.8, 4) is 0 Å². The Kier molecular flexibility index (Phi) is 7.34. The van der Waals surface area contributed by atoms with Crippen LogP contribution in [-0.2, 0) is 18.9 Å². The smallest absolute Gasteiger partial charge is 0.338 e. The maximum atomic E-state index is 12.8. The monoisotopic (exact) mass is 460 g/mol. The third-order valence-corrected chi connectivity index (χ3v) is 5.44. The third-order valence-electron chi connectivity index (χ3n) is 5.44. The molecule has 0 saturated carbocycles. The van der Waals surface area contributed by atoms with Crippen LogP contribution in [0.4, 0.5) is 0 Å². The number of rotatable bonds is 7. The van der Waals surface area contributed by atoms with Crippen LogP contribution in [0.5, 0.6) is 0 Å². The first-order valence-electron chi connectivity index (χ1n) is 10.9. The summed E-state index contributed by atoms with van der Waals surface area (Å²) in [7, 11) is 0. The van der Waals surface area contributed by atoms with E-state index in [1.165, 1.54) is 0 Å². The summed E-state index contributed by atoms with van der Waals surface area (Å²) in [4.78, 5) is 37.9. The second kappa shape index (κ2) is 10.8. The highest BCUT2D eigenvalue weighted by atomic mass is 16.6. The molecule has 4 atom stereocenters. The SMILES string of the molecule is C[C@H]1OC(COC(=O)c2ccccc2)[C@@H](OC(=O)c2ccccc2)[C@H]1OC(=O)c1ccccc1. The fraction of sp³-hybridized carbons (Fsp3) is 0.222. The van der Waals surface area contributed by atoms with Crippen molar-refractivity contribution in [1.29, 1.82) is 0 Å². The van der Waals surface area contributed by atoms with Crippen LogP contribution in [0.3, 0.4) is 0 Å². The maximum Gasteiger partial charge on any atom is 0.338 e. The molecule has 4 rings (SSSR count). The van der Waals surface area contributed by atoms with Gasteiger partial charge >= 0.3 is 17.9 Å². The van der Waals surface area contributed by atoms with E-state index in [0.29, 0.717) is 16.7 Å². The van der Waals surface area contributed by atoms with Crippen LogP contribution in [0.15, 0.2) is 91.0 Å². The zero-order valence-corrected chi connectivity index (χ0v) is 18.5. The lowest BCUT2D eigenvalue weighted by atomic mass is 10.1. The van der Waals surface area contributed by atoms with E-state index in [1.807, 2.05) is 0 Å². The zero-order valence-electron chi connectivity index (χ0n) is 18.5. The summed E-state index contributed by atoms with van der Waals surface area (Å²) in [5.41, 5.74) is 1.09. The van der Waals surface area contributed by atoms with Crippen molar-refractivity contribution in [2.75, 3.05) is 6.61 Å². The molecule has 0 spiro atoms. The van der Waals surface area contributed by atoms with E-state index >= 15 is 0 Å². The summed E-state index contributed by atoms with van der Waals surface area (Å²) in [6.45, 7) is 1.54. The first-order chi connectivity index (χ1) is 16.5. The average Bonchev–Trinajstić information content (AvgIpc) is 3.17. The molecule has 174 valence electrons. The van der Waals surface area contributed by atoms with Gasteiger partial charge in [-0.3, -0.25) is 0 Å². The summed E-state index contributed by atoms with van der Waals surface area (Å²) >= 11 is 0. The van der Waals surface area contributed by atoms with Gasteiger partial charge in [0.05, 0.1) is 22.8 Å². The number of benzene rings is 3. The molecule has 3 aromatic rings. The van der Waals surface area contributed by atoms with Crippen LogP contribution in [-0.4, -0.2) is 48.9 Å². The number of carbonyl (C=O) groups is 3. The fourth-order valence-corrected chi connectivity index (χ4v) is 3.70. The van der Waals surface area contributed by atoms with E-state index in [0.717, 1.165) is 0 Å². The lowest BCUT2D eigenvalue weighted by Gasteiger charge is -2.24. The van der Waals surface area contributed by atoms with E-state index in [2.05, 4.69) is 0 Å². The van der Waals surface area contributed by atoms with Gasteiger partial charge in [0, 0.05) is 0 Å². The molecule has 0 aromatic heterocycles. The normalized spacial score (nSPS) is 21.4. The molecule has 3 aromatic carbocycles. The Morgan fingerprint density at radius 3 is 1.53 bits per heavy atom. The van der Waals surface area contributed by atoms with E-state index in [9.17, 15) is 14.4 Å². The second-order valence-corrected chi connectivity index (χ2v) is 7.82. The highest BCUT2D eigenvalue weighted by Crippen LogP contribution is 2.29. The Bertz CT molecular complexity index is 1120. The van der Waals surface area contributed by atoms with E-state index in [1.54, 1.807) is 97.9 Å². The molecular weight excluding hydrogens is 436 g/mol. The molecule has 1 unspecified atom stereocenters. The minimum absolute atomic E-state index is 0.176. The van der Waals surface area contributed by atoms with Crippen molar-refractivity contribution in [2.45, 2.75) is 31.3 Å². The second-order valence-electron chi connectivity index (χ2n) is 7.82. The molecule has 1 aliphatic heterocycles. The van der Waals surface area contributed by atoms with Crippen LogP contribution in [0, 0.1) is 0 Å². The summed E-state index contributed by atoms with van der Waals surface area (Å²) in [5.74, 6) is -1.69. The van der Waals surface area contributed by atoms with Crippen LogP contribution in [0.25, 0.3) is 0 Å². The molecule has 1 fully saturated rings. The molecule has 1 aliphatic rings. The number of hydrogen-bond acceptors (Lipinski definition) is 7. The molecule has 0 bridgehead atoms. The van der Waals surface area contributed by atoms with Gasteiger partial charge in [0.25, 0.3) is 0 Å². The van der Waals surface area contributed by atoms with Crippen molar-refractivity contribution in [3.63, 3.8) is 0 Å². The summed E-state index contributed by atoms with van der Waals surface area (Å²) in [6, 6.07) is 25.5. The fourth-order valence-electron chi connectivity index (χ4n) is 3.70. The van der Waals surface area contributed by atoms with Gasteiger partial charge in [0.2, 0.25) is 0 Å². The number of hydrogen-bond donors (Lipinski definition) is 0. The number of ether oxygens (including phenoxy) is 4. The Labute approximate surface area is 197 Å². The lowest BCUT2D eigenvalue weighted by Crippen LogP contribution is -2.41. The largest absolute Gasteiger partial charge is 0.459 e. The van der Waals surface area contributed by atoms with Crippen molar-refractivity contribution in [3.05, 3.63) is 108 Å². The first-order valence-corrected chi connectivity index (χ1v) is 10.9. The average molecular weight is 460 g/mol. The maximum absolute atomic E-state index is 12.8. The molecule has 0 amide bonds. The number of carbonyl (C=O) groups excluding carboxylic acids is 3.